The third-order valence-corrected chi connectivity index (χ3v) is 2.26. The van der Waals surface area contributed by atoms with E-state index in [2.05, 4.69) is 16.7 Å². The van der Waals surface area contributed by atoms with Crippen molar-refractivity contribution in [1.82, 2.24) is 9.55 Å². The number of benzene rings is 1. The lowest BCUT2D eigenvalue weighted by Crippen LogP contribution is -1.97. The van der Waals surface area contributed by atoms with E-state index in [-0.39, 0.29) is 0 Å². The normalized spacial score (nSPS) is 9.69. The summed E-state index contributed by atoms with van der Waals surface area (Å²) in [5.41, 5.74) is 1.44. The topological polar surface area (TPSA) is 54.0 Å². The maximum Gasteiger partial charge on any atom is 0.185 e. The summed E-state index contributed by atoms with van der Waals surface area (Å²) in [5.74, 6) is 0.520. The molecule has 0 aliphatic carbocycles. The van der Waals surface area contributed by atoms with Gasteiger partial charge in [0, 0.05) is 0 Å². The predicted molar refractivity (Wildman–Crippen MR) is 61.7 cm³/mol. The van der Waals surface area contributed by atoms with E-state index >= 15 is 0 Å². The molecule has 16 heavy (non-hydrogen) atoms. The Kier molecular flexibility index (Phi) is 2.79. The Morgan fingerprint density at radius 2 is 2.12 bits per heavy atom. The highest BCUT2D eigenvalue weighted by Crippen LogP contribution is 2.18. The van der Waals surface area contributed by atoms with Gasteiger partial charge in [-0.15, -0.1) is 0 Å². The van der Waals surface area contributed by atoms with Gasteiger partial charge < -0.3 is 4.57 Å². The molecule has 0 aliphatic rings. The van der Waals surface area contributed by atoms with Gasteiger partial charge in [-0.2, -0.15) is 5.26 Å². The van der Waals surface area contributed by atoms with Gasteiger partial charge in [0.2, 0.25) is 0 Å². The van der Waals surface area contributed by atoms with E-state index in [4.69, 9.17) is 5.26 Å². The first-order chi connectivity index (χ1) is 7.85. The van der Waals surface area contributed by atoms with Gasteiger partial charge in [-0.1, -0.05) is 30.3 Å². The van der Waals surface area contributed by atoms with Crippen LogP contribution in [0.1, 0.15) is 11.3 Å². The molecule has 0 unspecified atom stereocenters. The molecule has 0 atom stereocenters. The number of aliphatic imine (C=N–C) groups is 1. The Balaban J connectivity index is 2.33. The van der Waals surface area contributed by atoms with Crippen LogP contribution < -0.4 is 0 Å². The lowest BCUT2D eigenvalue weighted by molar-refractivity contribution is 0.800. The van der Waals surface area contributed by atoms with E-state index < -0.39 is 0 Å². The summed E-state index contributed by atoms with van der Waals surface area (Å²) in [4.78, 5) is 7.80. The highest BCUT2D eigenvalue weighted by Gasteiger charge is 2.08. The second-order valence-corrected chi connectivity index (χ2v) is 3.30. The molecule has 4 nitrogen and oxygen atoms in total. The van der Waals surface area contributed by atoms with E-state index in [1.54, 1.807) is 10.9 Å². The second-order valence-electron chi connectivity index (χ2n) is 3.30. The van der Waals surface area contributed by atoms with E-state index in [9.17, 15) is 0 Å². The summed E-state index contributed by atoms with van der Waals surface area (Å²) in [7, 11) is 0. The molecular weight excluding hydrogens is 200 g/mol. The van der Waals surface area contributed by atoms with Crippen molar-refractivity contribution in [2.24, 2.45) is 4.99 Å². The number of rotatable bonds is 3. The highest BCUT2D eigenvalue weighted by molar-refractivity contribution is 5.49. The molecule has 0 radical (unpaired) electrons. The Bertz CT molecular complexity index is 534. The van der Waals surface area contributed by atoms with Crippen molar-refractivity contribution >= 4 is 12.5 Å². The van der Waals surface area contributed by atoms with Crippen LogP contribution in [0.2, 0.25) is 0 Å². The molecule has 0 spiro atoms. The van der Waals surface area contributed by atoms with Crippen LogP contribution in [0.4, 0.5) is 5.82 Å². The van der Waals surface area contributed by atoms with Gasteiger partial charge in [0.1, 0.15) is 6.07 Å². The number of imidazole rings is 1. The average molecular weight is 210 g/mol. The van der Waals surface area contributed by atoms with E-state index in [1.165, 1.54) is 0 Å². The monoisotopic (exact) mass is 210 g/mol. The van der Waals surface area contributed by atoms with Crippen LogP contribution in [-0.4, -0.2) is 16.3 Å². The van der Waals surface area contributed by atoms with Crippen LogP contribution in [0.25, 0.3) is 0 Å². The molecule has 1 aromatic heterocycles. The summed E-state index contributed by atoms with van der Waals surface area (Å²) < 4.78 is 1.81. The molecule has 1 heterocycles. The van der Waals surface area contributed by atoms with Gasteiger partial charge in [-0.25, -0.2) is 9.98 Å². The second kappa shape index (κ2) is 4.41. The summed E-state index contributed by atoms with van der Waals surface area (Å²) in [5, 5.41) is 8.82. The molecular formula is C12H10N4. The van der Waals surface area contributed by atoms with Crippen LogP contribution in [0.15, 0.2) is 41.7 Å². The van der Waals surface area contributed by atoms with Gasteiger partial charge in [0.15, 0.2) is 11.5 Å². The summed E-state index contributed by atoms with van der Waals surface area (Å²) in [6, 6.07) is 11.9. The van der Waals surface area contributed by atoms with Gasteiger partial charge in [0.25, 0.3) is 0 Å². The maximum atomic E-state index is 8.82. The molecule has 0 fully saturated rings. The third kappa shape index (κ3) is 1.84. The molecule has 1 aromatic carbocycles. The van der Waals surface area contributed by atoms with Gasteiger partial charge >= 0.3 is 0 Å². The number of hydrogen-bond acceptors (Lipinski definition) is 3. The van der Waals surface area contributed by atoms with Crippen molar-refractivity contribution < 1.29 is 0 Å². The molecule has 0 bridgehead atoms. The number of hydrogen-bond donors (Lipinski definition) is 0. The van der Waals surface area contributed by atoms with Crippen LogP contribution in [0, 0.1) is 11.3 Å². The van der Waals surface area contributed by atoms with Crippen molar-refractivity contribution in [3.63, 3.8) is 0 Å². The highest BCUT2D eigenvalue weighted by atomic mass is 15.1. The SMILES string of the molecule is C=Nc1c(C#N)ncn1Cc1ccccc1. The largest absolute Gasteiger partial charge is 0.310 e. The average Bonchev–Trinajstić information content (AvgIpc) is 2.72. The lowest BCUT2D eigenvalue weighted by Gasteiger charge is -2.04. The van der Waals surface area contributed by atoms with Crippen molar-refractivity contribution in [2.45, 2.75) is 6.54 Å². The molecule has 0 amide bonds. The zero-order valence-corrected chi connectivity index (χ0v) is 8.67. The fourth-order valence-corrected chi connectivity index (χ4v) is 1.52. The fourth-order valence-electron chi connectivity index (χ4n) is 1.52. The minimum atomic E-state index is 0.311. The lowest BCUT2D eigenvalue weighted by atomic mass is 10.2. The predicted octanol–water partition coefficient (Wildman–Crippen LogP) is 2.14. The Hall–Kier alpha value is -2.41. The molecule has 0 N–H and O–H groups in total. The number of nitriles is 1. The van der Waals surface area contributed by atoms with Crippen LogP contribution in [0.3, 0.4) is 0 Å². The minimum Gasteiger partial charge on any atom is -0.310 e. The van der Waals surface area contributed by atoms with Crippen molar-refractivity contribution in [1.29, 1.82) is 5.26 Å². The Morgan fingerprint density at radius 3 is 2.75 bits per heavy atom. The molecule has 78 valence electrons. The van der Waals surface area contributed by atoms with Crippen LogP contribution >= 0.6 is 0 Å². The molecule has 0 aliphatic heterocycles. The standard InChI is InChI=1S/C12H10N4/c1-14-12-11(7-13)15-9-16(12)8-10-5-3-2-4-6-10/h2-6,9H,1,8H2. The third-order valence-electron chi connectivity index (χ3n) is 2.26. The van der Waals surface area contributed by atoms with Crippen molar-refractivity contribution in [3.05, 3.63) is 47.9 Å². The summed E-state index contributed by atoms with van der Waals surface area (Å²) >= 11 is 0. The smallest absolute Gasteiger partial charge is 0.185 e. The Labute approximate surface area is 93.5 Å². The summed E-state index contributed by atoms with van der Waals surface area (Å²) in [6.07, 6.45) is 1.61. The maximum absolute atomic E-state index is 8.82. The minimum absolute atomic E-state index is 0.311. The molecule has 4 heteroatoms. The fraction of sp³-hybridized carbons (Fsp3) is 0.0833. The molecule has 2 aromatic rings. The van der Waals surface area contributed by atoms with Gasteiger partial charge in [0.05, 0.1) is 12.9 Å². The molecule has 0 saturated heterocycles. The first-order valence-corrected chi connectivity index (χ1v) is 4.81. The molecule has 0 saturated carbocycles. The van der Waals surface area contributed by atoms with Crippen LogP contribution in [0.5, 0.6) is 0 Å². The van der Waals surface area contributed by atoms with E-state index in [0.29, 0.717) is 18.1 Å². The molecule has 2 rings (SSSR count). The zero-order valence-electron chi connectivity index (χ0n) is 8.67. The first kappa shape index (κ1) is 10.1. The zero-order chi connectivity index (χ0) is 11.4. The number of nitrogens with zero attached hydrogens (tertiary/aromatic N) is 4. The van der Waals surface area contributed by atoms with Crippen molar-refractivity contribution in [2.75, 3.05) is 0 Å². The quantitative estimate of drug-likeness (QED) is 0.729. The van der Waals surface area contributed by atoms with E-state index in [1.807, 2.05) is 36.4 Å². The van der Waals surface area contributed by atoms with E-state index in [0.717, 1.165) is 5.56 Å². The van der Waals surface area contributed by atoms with Crippen LogP contribution in [-0.2, 0) is 6.54 Å². The Morgan fingerprint density at radius 1 is 1.38 bits per heavy atom. The summed E-state index contributed by atoms with van der Waals surface area (Å²) in [6.45, 7) is 4.09. The van der Waals surface area contributed by atoms with Gasteiger partial charge in [-0.05, 0) is 12.3 Å². The van der Waals surface area contributed by atoms with Gasteiger partial charge in [-0.3, -0.25) is 0 Å². The van der Waals surface area contributed by atoms with Crippen molar-refractivity contribution in [3.8, 4) is 6.07 Å². The number of aromatic nitrogens is 2. The first-order valence-electron chi connectivity index (χ1n) is 4.81.